The van der Waals surface area contributed by atoms with Crippen LogP contribution in [-0.2, 0) is 0 Å². The molecule has 0 amide bonds. The van der Waals surface area contributed by atoms with Gasteiger partial charge in [0.1, 0.15) is 5.82 Å². The lowest BCUT2D eigenvalue weighted by atomic mass is 9.90. The van der Waals surface area contributed by atoms with Crippen LogP contribution in [0.15, 0.2) is 12.1 Å². The van der Waals surface area contributed by atoms with Crippen LogP contribution in [0.1, 0.15) is 25.3 Å². The Bertz CT molecular complexity index is 361. The van der Waals surface area contributed by atoms with Crippen LogP contribution >= 0.6 is 0 Å². The van der Waals surface area contributed by atoms with Gasteiger partial charge < -0.3 is 9.84 Å². The number of fused-ring (bicyclic) bond motifs is 1. The number of phenolic OH excluding ortho intramolecular Hbond substituents is 1. The van der Waals surface area contributed by atoms with E-state index in [-0.39, 0.29) is 17.5 Å². The molecular formula is C11H13FO2. The lowest BCUT2D eigenvalue weighted by Crippen LogP contribution is -2.08. The molecule has 3 heteroatoms. The van der Waals surface area contributed by atoms with Crippen molar-refractivity contribution in [1.29, 1.82) is 0 Å². The van der Waals surface area contributed by atoms with Gasteiger partial charge in [0.2, 0.25) is 0 Å². The first-order valence-electron chi connectivity index (χ1n) is 4.75. The van der Waals surface area contributed by atoms with Crippen molar-refractivity contribution >= 4 is 0 Å². The topological polar surface area (TPSA) is 29.5 Å². The van der Waals surface area contributed by atoms with Crippen molar-refractivity contribution in [2.45, 2.75) is 19.8 Å². The molecule has 76 valence electrons. The molecule has 2 nitrogen and oxygen atoms in total. The Morgan fingerprint density at radius 3 is 2.86 bits per heavy atom. The molecule has 0 aliphatic carbocycles. The lowest BCUT2D eigenvalue weighted by Gasteiger charge is -2.13. The van der Waals surface area contributed by atoms with Crippen LogP contribution in [0.2, 0.25) is 0 Å². The maximum absolute atomic E-state index is 13.5. The zero-order chi connectivity index (χ0) is 10.3. The molecule has 1 aliphatic rings. The third-order valence-corrected chi connectivity index (χ3v) is 2.70. The molecule has 0 bridgehead atoms. The first-order chi connectivity index (χ1) is 6.61. The number of halogens is 1. The normalized spacial score (nSPS) is 19.6. The van der Waals surface area contributed by atoms with Gasteiger partial charge in [-0.05, 0) is 18.1 Å². The molecule has 0 aromatic heterocycles. The van der Waals surface area contributed by atoms with E-state index in [4.69, 9.17) is 4.74 Å². The van der Waals surface area contributed by atoms with Gasteiger partial charge in [0, 0.05) is 11.5 Å². The maximum Gasteiger partial charge on any atom is 0.167 e. The van der Waals surface area contributed by atoms with Crippen LogP contribution in [-0.4, -0.2) is 11.7 Å². The van der Waals surface area contributed by atoms with E-state index >= 15 is 0 Å². The molecule has 1 aliphatic heterocycles. The standard InChI is InChI=1S/C11H13FO2/c1-6(2)7-5-14-11-9(13)4-3-8(12)10(7)11/h3-4,6-7,13H,5H2,1-2H3. The van der Waals surface area contributed by atoms with Gasteiger partial charge in [0.15, 0.2) is 11.5 Å². The SMILES string of the molecule is CC(C)C1COc2c(O)ccc(F)c21. The summed E-state index contributed by atoms with van der Waals surface area (Å²) < 4.78 is 18.8. The van der Waals surface area contributed by atoms with Crippen molar-refractivity contribution in [2.75, 3.05) is 6.61 Å². The van der Waals surface area contributed by atoms with Gasteiger partial charge in [0.05, 0.1) is 6.61 Å². The van der Waals surface area contributed by atoms with Crippen molar-refractivity contribution in [1.82, 2.24) is 0 Å². The minimum absolute atomic E-state index is 0.0320. The maximum atomic E-state index is 13.5. The summed E-state index contributed by atoms with van der Waals surface area (Å²) in [5.41, 5.74) is 0.528. The molecule has 2 rings (SSSR count). The average Bonchev–Trinajstić information content (AvgIpc) is 2.56. The summed E-state index contributed by atoms with van der Waals surface area (Å²) in [6, 6.07) is 2.62. The van der Waals surface area contributed by atoms with E-state index < -0.39 is 0 Å². The van der Waals surface area contributed by atoms with Gasteiger partial charge in [-0.2, -0.15) is 0 Å². The fraction of sp³-hybridized carbons (Fsp3) is 0.455. The van der Waals surface area contributed by atoms with Gasteiger partial charge >= 0.3 is 0 Å². The third kappa shape index (κ3) is 1.24. The van der Waals surface area contributed by atoms with Crippen molar-refractivity contribution in [3.63, 3.8) is 0 Å². The van der Waals surface area contributed by atoms with Gasteiger partial charge in [-0.3, -0.25) is 0 Å². The van der Waals surface area contributed by atoms with E-state index in [2.05, 4.69) is 0 Å². The summed E-state index contributed by atoms with van der Waals surface area (Å²) in [6.45, 7) is 4.50. The third-order valence-electron chi connectivity index (χ3n) is 2.70. The molecule has 0 radical (unpaired) electrons. The zero-order valence-corrected chi connectivity index (χ0v) is 8.25. The number of ether oxygens (including phenoxy) is 1. The summed E-state index contributed by atoms with van der Waals surface area (Å²) in [7, 11) is 0. The molecule has 0 fully saturated rings. The van der Waals surface area contributed by atoms with Crippen LogP contribution < -0.4 is 4.74 Å². The van der Waals surface area contributed by atoms with Crippen LogP contribution in [0.4, 0.5) is 4.39 Å². The highest BCUT2D eigenvalue weighted by Gasteiger charge is 2.31. The predicted molar refractivity (Wildman–Crippen MR) is 51.1 cm³/mol. The Morgan fingerprint density at radius 2 is 2.21 bits per heavy atom. The first-order valence-corrected chi connectivity index (χ1v) is 4.75. The number of rotatable bonds is 1. The highest BCUT2D eigenvalue weighted by Crippen LogP contribution is 2.44. The Labute approximate surface area is 82.3 Å². The number of hydrogen-bond acceptors (Lipinski definition) is 2. The molecule has 1 N–H and O–H groups in total. The summed E-state index contributed by atoms with van der Waals surface area (Å²) in [5.74, 6) is 0.437. The Balaban J connectivity index is 2.53. The van der Waals surface area contributed by atoms with Crippen molar-refractivity contribution in [3.05, 3.63) is 23.5 Å². The summed E-state index contributed by atoms with van der Waals surface area (Å²) in [6.07, 6.45) is 0. The van der Waals surface area contributed by atoms with Crippen molar-refractivity contribution in [3.8, 4) is 11.5 Å². The summed E-state index contributed by atoms with van der Waals surface area (Å²) >= 11 is 0. The van der Waals surface area contributed by atoms with Crippen molar-refractivity contribution < 1.29 is 14.2 Å². The molecule has 0 spiro atoms. The molecule has 1 heterocycles. The number of benzene rings is 1. The molecule has 0 saturated carbocycles. The van der Waals surface area contributed by atoms with Gasteiger partial charge in [0.25, 0.3) is 0 Å². The quantitative estimate of drug-likeness (QED) is 0.748. The second-order valence-electron chi connectivity index (χ2n) is 3.97. The van der Waals surface area contributed by atoms with E-state index in [1.165, 1.54) is 12.1 Å². The predicted octanol–water partition coefficient (Wildman–Crippen LogP) is 2.66. The summed E-state index contributed by atoms with van der Waals surface area (Å²) in [5, 5.41) is 9.46. The molecule has 0 saturated heterocycles. The Kier molecular flexibility index (Phi) is 2.10. The van der Waals surface area contributed by atoms with Crippen LogP contribution in [0.25, 0.3) is 0 Å². The van der Waals surface area contributed by atoms with E-state index in [9.17, 15) is 9.50 Å². The van der Waals surface area contributed by atoms with Crippen LogP contribution in [0.3, 0.4) is 0 Å². The van der Waals surface area contributed by atoms with Crippen LogP contribution in [0.5, 0.6) is 11.5 Å². The molecule has 1 unspecified atom stereocenters. The molecule has 1 aromatic rings. The average molecular weight is 196 g/mol. The van der Waals surface area contributed by atoms with Crippen molar-refractivity contribution in [2.24, 2.45) is 5.92 Å². The highest BCUT2D eigenvalue weighted by atomic mass is 19.1. The molecular weight excluding hydrogens is 183 g/mol. The number of hydrogen-bond donors (Lipinski definition) is 1. The van der Waals surface area contributed by atoms with Gasteiger partial charge in [-0.1, -0.05) is 13.8 Å². The monoisotopic (exact) mass is 196 g/mol. The van der Waals surface area contributed by atoms with E-state index in [0.717, 1.165) is 0 Å². The van der Waals surface area contributed by atoms with Crippen LogP contribution in [0, 0.1) is 11.7 Å². The number of phenols is 1. The first kappa shape index (κ1) is 9.31. The van der Waals surface area contributed by atoms with Gasteiger partial charge in [-0.25, -0.2) is 4.39 Å². The molecule has 1 atom stereocenters. The fourth-order valence-electron chi connectivity index (χ4n) is 1.84. The fourth-order valence-corrected chi connectivity index (χ4v) is 1.84. The minimum atomic E-state index is -0.283. The Hall–Kier alpha value is -1.25. The van der Waals surface area contributed by atoms with E-state index in [1.807, 2.05) is 13.8 Å². The highest BCUT2D eigenvalue weighted by molar-refractivity contribution is 5.50. The minimum Gasteiger partial charge on any atom is -0.504 e. The second-order valence-corrected chi connectivity index (χ2v) is 3.97. The smallest absolute Gasteiger partial charge is 0.167 e. The summed E-state index contributed by atoms with van der Waals surface area (Å²) in [4.78, 5) is 0. The Morgan fingerprint density at radius 1 is 1.50 bits per heavy atom. The van der Waals surface area contributed by atoms with E-state index in [0.29, 0.717) is 23.8 Å². The van der Waals surface area contributed by atoms with E-state index in [1.54, 1.807) is 0 Å². The van der Waals surface area contributed by atoms with Gasteiger partial charge in [-0.15, -0.1) is 0 Å². The number of aromatic hydroxyl groups is 1. The second kappa shape index (κ2) is 3.15. The zero-order valence-electron chi connectivity index (χ0n) is 8.25. The largest absolute Gasteiger partial charge is 0.504 e. The molecule has 14 heavy (non-hydrogen) atoms. The lowest BCUT2D eigenvalue weighted by molar-refractivity contribution is 0.293. The molecule has 1 aromatic carbocycles.